The monoisotopic (exact) mass is 734 g/mol. The van der Waals surface area contributed by atoms with Gasteiger partial charge in [0.25, 0.3) is 0 Å². The van der Waals surface area contributed by atoms with Gasteiger partial charge in [-0.25, -0.2) is 0 Å². The number of hydrogen-bond donors (Lipinski definition) is 2. The average molecular weight is 735 g/mol. The molecule has 2 aliphatic rings. The molecule has 1 heterocycles. The number of aliphatic hydroxyl groups excluding tert-OH is 2. The van der Waals surface area contributed by atoms with Crippen molar-refractivity contribution in [3.63, 3.8) is 0 Å². The van der Waals surface area contributed by atoms with E-state index in [-0.39, 0.29) is 35.9 Å². The molecule has 278 valence electrons. The number of methoxy groups -OCH3 is 1. The Hall–Kier alpha value is -2.47. The molecule has 3 aromatic carbocycles. The van der Waals surface area contributed by atoms with E-state index in [1.807, 2.05) is 78.9 Å². The third kappa shape index (κ3) is 8.21. The molecule has 0 aromatic heterocycles. The van der Waals surface area contributed by atoms with Crippen molar-refractivity contribution < 1.29 is 33.6 Å². The summed E-state index contributed by atoms with van der Waals surface area (Å²) in [6.07, 6.45) is -1.35. The smallest absolute Gasteiger partial charge is 0.200 e. The third-order valence-electron chi connectivity index (χ3n) is 11.0. The van der Waals surface area contributed by atoms with Gasteiger partial charge in [-0.15, -0.1) is 6.58 Å². The molecule has 3 unspecified atom stereocenters. The van der Waals surface area contributed by atoms with Gasteiger partial charge in [-0.05, 0) is 64.9 Å². The zero-order valence-corrected chi connectivity index (χ0v) is 33.1. The van der Waals surface area contributed by atoms with Crippen LogP contribution in [-0.2, 0) is 31.9 Å². The highest BCUT2D eigenvalue weighted by Crippen LogP contribution is 2.58. The summed E-state index contributed by atoms with van der Waals surface area (Å²) in [6, 6.07) is 27.9. The van der Waals surface area contributed by atoms with Gasteiger partial charge in [0.2, 0.25) is 8.32 Å². The molecule has 1 aliphatic heterocycles. The zero-order valence-electron chi connectivity index (χ0n) is 31.3. The minimum Gasteiger partial charge on any atom is -0.497 e. The van der Waals surface area contributed by atoms with Crippen molar-refractivity contribution in [2.24, 2.45) is 5.92 Å². The molecule has 8 atom stereocenters. The van der Waals surface area contributed by atoms with E-state index in [0.717, 1.165) is 21.8 Å². The largest absolute Gasteiger partial charge is 0.497 e. The molecule has 7 nitrogen and oxygen atoms in total. The Morgan fingerprint density at radius 3 is 1.98 bits per heavy atom. The number of thioether (sulfide) groups is 1. The molecule has 2 N–H and O–H groups in total. The second-order valence-corrected chi connectivity index (χ2v) is 21.5. The summed E-state index contributed by atoms with van der Waals surface area (Å²) in [6.45, 7) is 17.9. The number of hydrogen-bond acceptors (Lipinski definition) is 8. The van der Waals surface area contributed by atoms with Crippen LogP contribution in [0, 0.1) is 5.92 Å². The summed E-state index contributed by atoms with van der Waals surface area (Å²) in [7, 11) is -0.948. The molecule has 0 spiro atoms. The SMILES string of the molecule is C=CCC[C@H]1O[C@@H](Sc2ccccc2)[C@]2(OCc3ccccc3)C(OCc3ccc(OC)cc3)C(O)C(O)[C@H](O[Si](C(C)C)(C(C)C)C(C)C)[C@H]12. The molecule has 1 aliphatic carbocycles. The standard InChI is InChI=1S/C42H58O7SSi/c1-9-10-21-35-36-39(49-51(28(2)3,29(4)5)30(6)7)37(43)38(44)40(46-26-32-22-24-33(45-8)25-23-32)42(36,47-27-31-17-13-11-14-18-31)41(48-35)50-34-19-15-12-16-20-34/h9,11-20,22-25,28-30,35-41,43-44H,1,10,21,26-27H2,2-8H3/t35-,36+,37?,38?,39-,40?,41+,42-/m1/s1. The summed E-state index contributed by atoms with van der Waals surface area (Å²) in [5, 5.41) is 24.8. The van der Waals surface area contributed by atoms with Gasteiger partial charge in [0.05, 0.1) is 32.5 Å². The zero-order chi connectivity index (χ0) is 36.8. The van der Waals surface area contributed by atoms with Crippen molar-refractivity contribution in [3.8, 4) is 5.75 Å². The summed E-state index contributed by atoms with van der Waals surface area (Å²) >= 11 is 1.57. The summed E-state index contributed by atoms with van der Waals surface area (Å²) in [5.41, 5.74) is 0.864. The van der Waals surface area contributed by atoms with Gasteiger partial charge in [-0.2, -0.15) is 0 Å². The van der Waals surface area contributed by atoms with Crippen LogP contribution >= 0.6 is 11.8 Å². The number of benzene rings is 3. The summed E-state index contributed by atoms with van der Waals surface area (Å²) < 4.78 is 34.2. The Bertz CT molecular complexity index is 1480. The molecule has 3 aromatic rings. The molecule has 0 amide bonds. The Morgan fingerprint density at radius 1 is 0.824 bits per heavy atom. The third-order valence-corrected chi connectivity index (χ3v) is 18.3. The van der Waals surface area contributed by atoms with Crippen LogP contribution in [0.5, 0.6) is 5.75 Å². The summed E-state index contributed by atoms with van der Waals surface area (Å²) in [5.74, 6) is 0.279. The van der Waals surface area contributed by atoms with E-state index in [9.17, 15) is 10.2 Å². The maximum Gasteiger partial charge on any atom is 0.200 e. The lowest BCUT2D eigenvalue weighted by Crippen LogP contribution is -2.73. The first-order chi connectivity index (χ1) is 24.5. The van der Waals surface area contributed by atoms with E-state index in [1.165, 1.54) is 0 Å². The van der Waals surface area contributed by atoms with E-state index in [2.05, 4.69) is 60.3 Å². The van der Waals surface area contributed by atoms with Crippen molar-refractivity contribution in [2.45, 2.75) is 131 Å². The maximum absolute atomic E-state index is 12.4. The molecule has 51 heavy (non-hydrogen) atoms. The highest BCUT2D eigenvalue weighted by atomic mass is 32.2. The van der Waals surface area contributed by atoms with Crippen LogP contribution in [0.1, 0.15) is 65.5 Å². The van der Waals surface area contributed by atoms with E-state index in [1.54, 1.807) is 18.9 Å². The number of ether oxygens (including phenoxy) is 4. The van der Waals surface area contributed by atoms with Gasteiger partial charge in [0.15, 0.2) is 0 Å². The number of fused-ring (bicyclic) bond motifs is 1. The molecule has 0 bridgehead atoms. The van der Waals surface area contributed by atoms with Crippen molar-refractivity contribution in [1.82, 2.24) is 0 Å². The predicted molar refractivity (Wildman–Crippen MR) is 207 cm³/mol. The number of rotatable bonds is 17. The molecule has 1 saturated carbocycles. The van der Waals surface area contributed by atoms with Crippen LogP contribution < -0.4 is 4.74 Å². The second-order valence-electron chi connectivity index (χ2n) is 14.9. The Balaban J connectivity index is 1.70. The highest BCUT2D eigenvalue weighted by Gasteiger charge is 2.72. The van der Waals surface area contributed by atoms with Gasteiger partial charge in [0, 0.05) is 10.8 Å². The van der Waals surface area contributed by atoms with Crippen molar-refractivity contribution in [1.29, 1.82) is 0 Å². The Morgan fingerprint density at radius 2 is 1.41 bits per heavy atom. The molecular weight excluding hydrogens is 677 g/mol. The first-order valence-corrected chi connectivity index (χ1v) is 21.5. The van der Waals surface area contributed by atoms with Crippen LogP contribution in [0.3, 0.4) is 0 Å². The van der Waals surface area contributed by atoms with Crippen LogP contribution in [-0.4, -0.2) is 67.2 Å². The average Bonchev–Trinajstić information content (AvgIpc) is 3.43. The molecule has 5 rings (SSSR count). The first-order valence-electron chi connectivity index (χ1n) is 18.4. The number of aliphatic hydroxyl groups is 2. The van der Waals surface area contributed by atoms with Crippen LogP contribution in [0.4, 0.5) is 0 Å². The van der Waals surface area contributed by atoms with E-state index >= 15 is 0 Å². The lowest BCUT2D eigenvalue weighted by Gasteiger charge is -2.56. The van der Waals surface area contributed by atoms with Crippen LogP contribution in [0.2, 0.25) is 16.6 Å². The lowest BCUT2D eigenvalue weighted by molar-refractivity contribution is -0.272. The van der Waals surface area contributed by atoms with E-state index in [0.29, 0.717) is 12.8 Å². The second kappa shape index (κ2) is 17.6. The minimum atomic E-state index is -2.59. The van der Waals surface area contributed by atoms with Gasteiger partial charge in [0.1, 0.15) is 35.1 Å². The minimum absolute atomic E-state index is 0.190. The quantitative estimate of drug-likeness (QED) is 0.105. The molecular formula is C42H58O7SSi. The summed E-state index contributed by atoms with van der Waals surface area (Å²) in [4.78, 5) is 1.01. The molecule has 1 saturated heterocycles. The van der Waals surface area contributed by atoms with Crippen molar-refractivity contribution in [2.75, 3.05) is 7.11 Å². The van der Waals surface area contributed by atoms with Gasteiger partial charge >= 0.3 is 0 Å². The Labute approximate surface area is 310 Å². The van der Waals surface area contributed by atoms with Crippen LogP contribution in [0.25, 0.3) is 0 Å². The van der Waals surface area contributed by atoms with E-state index in [4.69, 9.17) is 23.4 Å². The molecule has 2 fully saturated rings. The fourth-order valence-electron chi connectivity index (χ4n) is 8.67. The first kappa shape index (κ1) is 39.7. The van der Waals surface area contributed by atoms with Crippen molar-refractivity contribution >= 4 is 20.1 Å². The van der Waals surface area contributed by atoms with Gasteiger partial charge in [-0.3, -0.25) is 0 Å². The van der Waals surface area contributed by atoms with Gasteiger partial charge < -0.3 is 33.6 Å². The normalized spacial score (nSPS) is 28.0. The fourth-order valence-corrected chi connectivity index (χ4v) is 15.5. The Kier molecular flexibility index (Phi) is 13.7. The topological polar surface area (TPSA) is 86.6 Å². The highest BCUT2D eigenvalue weighted by molar-refractivity contribution is 7.99. The molecule has 0 radical (unpaired) electrons. The van der Waals surface area contributed by atoms with Gasteiger partial charge in [-0.1, -0.05) is 120 Å². The lowest BCUT2D eigenvalue weighted by atomic mass is 9.67. The van der Waals surface area contributed by atoms with Crippen LogP contribution in [0.15, 0.2) is 102 Å². The van der Waals surface area contributed by atoms with Crippen molar-refractivity contribution in [3.05, 3.63) is 109 Å². The predicted octanol–water partition coefficient (Wildman–Crippen LogP) is 8.93. The molecule has 9 heteroatoms. The maximum atomic E-state index is 12.4. The number of allylic oxidation sites excluding steroid dienone is 1. The van der Waals surface area contributed by atoms with E-state index < -0.39 is 49.7 Å². The fraction of sp³-hybridized carbons (Fsp3) is 0.524.